The highest BCUT2D eigenvalue weighted by Gasteiger charge is 2.36. The van der Waals surface area contributed by atoms with Crippen LogP contribution in [0.5, 0.6) is 5.88 Å². The topological polar surface area (TPSA) is 154 Å². The first-order chi connectivity index (χ1) is 16.4. The Kier molecular flexibility index (Phi) is 7.05. The van der Waals surface area contributed by atoms with Crippen LogP contribution in [0, 0.1) is 6.92 Å². The summed E-state index contributed by atoms with van der Waals surface area (Å²) in [6.07, 6.45) is 4.62. The van der Waals surface area contributed by atoms with Crippen LogP contribution in [0.3, 0.4) is 0 Å². The molecule has 0 aromatic carbocycles. The molecule has 12 nitrogen and oxygen atoms in total. The minimum absolute atomic E-state index is 0.0414. The lowest BCUT2D eigenvalue weighted by Gasteiger charge is -2.24. The molecular formula is C21H27N7O5S. The molecule has 0 spiro atoms. The zero-order valence-corrected chi connectivity index (χ0v) is 19.9. The smallest absolute Gasteiger partial charge is 0.240 e. The quantitative estimate of drug-likeness (QED) is 0.453. The molecule has 3 aromatic rings. The van der Waals surface area contributed by atoms with Gasteiger partial charge in [-0.15, -0.1) is 10.2 Å². The summed E-state index contributed by atoms with van der Waals surface area (Å²) < 4.78 is 42.4. The monoisotopic (exact) mass is 489 g/mol. The lowest BCUT2D eigenvalue weighted by atomic mass is 10.2. The first-order valence-electron chi connectivity index (χ1n) is 10.9. The van der Waals surface area contributed by atoms with Crippen molar-refractivity contribution >= 4 is 16.0 Å². The molecule has 182 valence electrons. The molecule has 0 bridgehead atoms. The van der Waals surface area contributed by atoms with E-state index in [-0.39, 0.29) is 25.0 Å². The Morgan fingerprint density at radius 3 is 2.76 bits per heavy atom. The molecule has 1 aliphatic heterocycles. The van der Waals surface area contributed by atoms with E-state index in [9.17, 15) is 13.5 Å². The van der Waals surface area contributed by atoms with Crippen LogP contribution in [-0.2, 0) is 14.8 Å². The third-order valence-electron chi connectivity index (χ3n) is 5.40. The van der Waals surface area contributed by atoms with Crippen molar-refractivity contribution in [3.8, 4) is 17.3 Å². The summed E-state index contributed by atoms with van der Waals surface area (Å²) in [6.45, 7) is 5.39. The summed E-state index contributed by atoms with van der Waals surface area (Å²) in [7, 11) is -4.04. The van der Waals surface area contributed by atoms with Gasteiger partial charge in [-0.2, -0.15) is 0 Å². The Morgan fingerprint density at radius 2 is 2.06 bits per heavy atom. The molecular weight excluding hydrogens is 462 g/mol. The van der Waals surface area contributed by atoms with E-state index in [1.165, 1.54) is 11.5 Å². The van der Waals surface area contributed by atoms with Gasteiger partial charge in [0, 0.05) is 25.2 Å². The van der Waals surface area contributed by atoms with E-state index in [1.807, 2.05) is 13.8 Å². The predicted octanol–water partition coefficient (Wildman–Crippen LogP) is 1.66. The van der Waals surface area contributed by atoms with E-state index in [1.54, 1.807) is 30.7 Å². The van der Waals surface area contributed by atoms with Crippen LogP contribution in [0.1, 0.15) is 43.8 Å². The minimum atomic E-state index is -4.04. The lowest BCUT2D eigenvalue weighted by molar-refractivity contribution is 0.0466. The lowest BCUT2D eigenvalue weighted by Crippen LogP contribution is -2.34. The Labute approximate surface area is 197 Å². The van der Waals surface area contributed by atoms with Gasteiger partial charge in [0.25, 0.3) is 0 Å². The fourth-order valence-corrected chi connectivity index (χ4v) is 4.65. The van der Waals surface area contributed by atoms with Crippen LogP contribution in [0.15, 0.2) is 30.7 Å². The van der Waals surface area contributed by atoms with E-state index >= 15 is 0 Å². The number of pyridine rings is 1. The van der Waals surface area contributed by atoms with Crippen LogP contribution in [0.25, 0.3) is 11.4 Å². The molecule has 13 heteroatoms. The van der Waals surface area contributed by atoms with Crippen LogP contribution in [-0.4, -0.2) is 68.3 Å². The zero-order chi connectivity index (χ0) is 24.3. The third-order valence-corrected chi connectivity index (χ3v) is 7.10. The molecule has 0 fully saturated rings. The van der Waals surface area contributed by atoms with Gasteiger partial charge in [-0.1, -0.05) is 6.92 Å². The number of anilines is 1. The standard InChI is InChI=1S/C21H27N7O5S/c1-4-8-32-17(18-23-9-13(2)10-24-18)14(3)34(30,31)27-21-26-25-19-16-6-5-7-22-20(16)33-12-15(11-29)28(19)21/h5-7,9-10,14-15,17,29H,4,8,11-12H2,1-3H3,(H,26,27)/t14-,15-,17-/m0/s1. The molecule has 1 aliphatic rings. The highest BCUT2D eigenvalue weighted by molar-refractivity contribution is 7.93. The number of aromatic nitrogens is 6. The fourth-order valence-electron chi connectivity index (χ4n) is 3.55. The molecule has 4 heterocycles. The number of nitrogens with one attached hydrogen (secondary N) is 1. The van der Waals surface area contributed by atoms with Crippen molar-refractivity contribution in [2.45, 2.75) is 44.6 Å². The van der Waals surface area contributed by atoms with Gasteiger partial charge in [-0.25, -0.2) is 23.4 Å². The SMILES string of the molecule is CCCO[C@H](c1ncc(C)cn1)[C@H](C)S(=O)(=O)Nc1nnc2n1[C@@H](CO)COc1ncccc1-2. The van der Waals surface area contributed by atoms with Crippen LogP contribution in [0.2, 0.25) is 0 Å². The molecule has 0 unspecified atom stereocenters. The number of hydrogen-bond donors (Lipinski definition) is 2. The molecule has 34 heavy (non-hydrogen) atoms. The second-order valence-corrected chi connectivity index (χ2v) is 10.0. The van der Waals surface area contributed by atoms with Crippen molar-refractivity contribution < 1.29 is 23.0 Å². The summed E-state index contributed by atoms with van der Waals surface area (Å²) in [6, 6.07) is 2.83. The minimum Gasteiger partial charge on any atom is -0.475 e. The molecule has 2 N–H and O–H groups in total. The van der Waals surface area contributed by atoms with Crippen molar-refractivity contribution in [1.29, 1.82) is 0 Å². The first kappa shape index (κ1) is 24.0. The number of hydrogen-bond acceptors (Lipinski definition) is 10. The number of rotatable bonds is 9. The van der Waals surface area contributed by atoms with Gasteiger partial charge in [0.2, 0.25) is 21.9 Å². The van der Waals surface area contributed by atoms with Gasteiger partial charge in [0.05, 0.1) is 18.2 Å². The number of nitrogens with zero attached hydrogens (tertiary/aromatic N) is 6. The van der Waals surface area contributed by atoms with E-state index in [4.69, 9.17) is 9.47 Å². The molecule has 3 atom stereocenters. The number of aliphatic hydroxyl groups excluding tert-OH is 1. The third kappa shape index (κ3) is 4.72. The van der Waals surface area contributed by atoms with E-state index in [0.717, 1.165) is 5.56 Å². The normalized spacial score (nSPS) is 17.1. The van der Waals surface area contributed by atoms with Crippen LogP contribution in [0.4, 0.5) is 5.95 Å². The van der Waals surface area contributed by atoms with Crippen LogP contribution >= 0.6 is 0 Å². The number of ether oxygens (including phenoxy) is 2. The summed E-state index contributed by atoms with van der Waals surface area (Å²) in [4.78, 5) is 12.8. The Morgan fingerprint density at radius 1 is 1.29 bits per heavy atom. The van der Waals surface area contributed by atoms with Gasteiger partial charge in [0.1, 0.15) is 18.0 Å². The maximum absolute atomic E-state index is 13.4. The number of fused-ring (bicyclic) bond motifs is 3. The van der Waals surface area contributed by atoms with Gasteiger partial charge in [-0.05, 0) is 38.0 Å². The maximum Gasteiger partial charge on any atom is 0.240 e. The summed E-state index contributed by atoms with van der Waals surface area (Å²) in [5.41, 5.74) is 1.39. The molecule has 0 saturated heterocycles. The average molecular weight is 490 g/mol. The van der Waals surface area contributed by atoms with E-state index < -0.39 is 27.4 Å². The van der Waals surface area contributed by atoms with Crippen molar-refractivity contribution in [3.05, 3.63) is 42.1 Å². The van der Waals surface area contributed by atoms with Crippen molar-refractivity contribution in [2.75, 3.05) is 24.5 Å². The average Bonchev–Trinajstić information content (AvgIpc) is 3.15. The Balaban J connectivity index is 1.68. The maximum atomic E-state index is 13.4. The summed E-state index contributed by atoms with van der Waals surface area (Å²) >= 11 is 0. The van der Waals surface area contributed by atoms with Crippen molar-refractivity contribution in [3.63, 3.8) is 0 Å². The van der Waals surface area contributed by atoms with Gasteiger partial charge in [-0.3, -0.25) is 9.29 Å². The van der Waals surface area contributed by atoms with Gasteiger partial charge < -0.3 is 14.6 Å². The zero-order valence-electron chi connectivity index (χ0n) is 19.1. The molecule has 0 saturated carbocycles. The largest absolute Gasteiger partial charge is 0.475 e. The number of aryl methyl sites for hydroxylation is 1. The van der Waals surface area contributed by atoms with Crippen LogP contribution < -0.4 is 9.46 Å². The number of sulfonamides is 1. The number of aliphatic hydroxyl groups is 1. The van der Waals surface area contributed by atoms with E-state index in [2.05, 4.69) is 29.9 Å². The van der Waals surface area contributed by atoms with E-state index in [0.29, 0.717) is 30.3 Å². The highest BCUT2D eigenvalue weighted by atomic mass is 32.2. The second-order valence-electron chi connectivity index (χ2n) is 7.98. The van der Waals surface area contributed by atoms with Crippen molar-refractivity contribution in [1.82, 2.24) is 29.7 Å². The summed E-state index contributed by atoms with van der Waals surface area (Å²) in [5.74, 6) is 0.906. The Hall–Kier alpha value is -3.16. The first-order valence-corrected chi connectivity index (χ1v) is 12.5. The van der Waals surface area contributed by atoms with Crippen molar-refractivity contribution in [2.24, 2.45) is 0 Å². The fraction of sp³-hybridized carbons (Fsp3) is 0.476. The Bertz CT molecular complexity index is 1230. The second kappa shape index (κ2) is 9.99. The molecule has 3 aromatic heterocycles. The highest BCUT2D eigenvalue weighted by Crippen LogP contribution is 2.35. The van der Waals surface area contributed by atoms with Gasteiger partial charge in [0.15, 0.2) is 11.6 Å². The van der Waals surface area contributed by atoms with Gasteiger partial charge >= 0.3 is 0 Å². The predicted molar refractivity (Wildman–Crippen MR) is 123 cm³/mol. The molecule has 0 radical (unpaired) electrons. The summed E-state index contributed by atoms with van der Waals surface area (Å²) in [5, 5.41) is 17.1. The molecule has 4 rings (SSSR count). The molecule has 0 aliphatic carbocycles. The molecule has 0 amide bonds.